The SMILES string of the molecule is COc1ccc2ncc(C)cc2c1. The Bertz CT molecular complexity index is 437. The Morgan fingerprint density at radius 3 is 2.85 bits per heavy atom. The molecule has 0 amide bonds. The van der Waals surface area contributed by atoms with Crippen LogP contribution >= 0.6 is 0 Å². The molecule has 0 atom stereocenters. The molecular weight excluding hydrogens is 162 g/mol. The van der Waals surface area contributed by atoms with Gasteiger partial charge in [-0.2, -0.15) is 0 Å². The molecule has 1 heterocycles. The number of hydrogen-bond acceptors (Lipinski definition) is 2. The number of aryl methyl sites for hydroxylation is 1. The number of hydrogen-bond donors (Lipinski definition) is 0. The summed E-state index contributed by atoms with van der Waals surface area (Å²) in [7, 11) is 1.67. The van der Waals surface area contributed by atoms with E-state index < -0.39 is 0 Å². The van der Waals surface area contributed by atoms with Crippen molar-refractivity contribution >= 4 is 10.9 Å². The van der Waals surface area contributed by atoms with Gasteiger partial charge in [-0.1, -0.05) is 0 Å². The van der Waals surface area contributed by atoms with Gasteiger partial charge in [0.25, 0.3) is 0 Å². The van der Waals surface area contributed by atoms with Gasteiger partial charge in [0.15, 0.2) is 0 Å². The molecule has 0 unspecified atom stereocenters. The summed E-state index contributed by atoms with van der Waals surface area (Å²) in [5.74, 6) is 0.875. The predicted octanol–water partition coefficient (Wildman–Crippen LogP) is 2.55. The van der Waals surface area contributed by atoms with E-state index in [2.05, 4.69) is 11.1 Å². The maximum atomic E-state index is 5.13. The molecule has 0 saturated carbocycles. The van der Waals surface area contributed by atoms with Crippen molar-refractivity contribution in [2.45, 2.75) is 6.92 Å². The monoisotopic (exact) mass is 173 g/mol. The molecule has 0 spiro atoms. The quantitative estimate of drug-likeness (QED) is 0.661. The number of rotatable bonds is 1. The molecule has 1 aromatic heterocycles. The lowest BCUT2D eigenvalue weighted by Crippen LogP contribution is -1.84. The number of ether oxygens (including phenoxy) is 1. The number of aromatic nitrogens is 1. The second-order valence-electron chi connectivity index (χ2n) is 3.07. The Morgan fingerprint density at radius 1 is 1.23 bits per heavy atom. The lowest BCUT2D eigenvalue weighted by atomic mass is 10.2. The summed E-state index contributed by atoms with van der Waals surface area (Å²) in [5.41, 5.74) is 2.17. The average molecular weight is 173 g/mol. The lowest BCUT2D eigenvalue weighted by molar-refractivity contribution is 0.415. The Kier molecular flexibility index (Phi) is 1.89. The van der Waals surface area contributed by atoms with Crippen LogP contribution in [0, 0.1) is 6.92 Å². The smallest absolute Gasteiger partial charge is 0.119 e. The molecule has 2 aromatic rings. The minimum absolute atomic E-state index is 0.875. The van der Waals surface area contributed by atoms with Gasteiger partial charge in [-0.3, -0.25) is 4.98 Å². The van der Waals surface area contributed by atoms with Crippen molar-refractivity contribution in [3.05, 3.63) is 36.0 Å². The third-order valence-electron chi connectivity index (χ3n) is 2.03. The molecule has 1 aromatic carbocycles. The van der Waals surface area contributed by atoms with Crippen molar-refractivity contribution in [2.24, 2.45) is 0 Å². The van der Waals surface area contributed by atoms with Crippen LogP contribution in [0.4, 0.5) is 0 Å². The van der Waals surface area contributed by atoms with Gasteiger partial charge in [-0.25, -0.2) is 0 Å². The summed E-state index contributed by atoms with van der Waals surface area (Å²) in [6, 6.07) is 7.98. The first-order chi connectivity index (χ1) is 6.29. The topological polar surface area (TPSA) is 22.1 Å². The highest BCUT2D eigenvalue weighted by Crippen LogP contribution is 2.19. The molecule has 0 aliphatic rings. The molecule has 66 valence electrons. The molecule has 0 N–H and O–H groups in total. The van der Waals surface area contributed by atoms with Crippen molar-refractivity contribution in [2.75, 3.05) is 7.11 Å². The predicted molar refractivity (Wildman–Crippen MR) is 53.0 cm³/mol. The van der Waals surface area contributed by atoms with Crippen LogP contribution in [0.25, 0.3) is 10.9 Å². The van der Waals surface area contributed by atoms with Gasteiger partial charge < -0.3 is 4.74 Å². The van der Waals surface area contributed by atoms with Crippen molar-refractivity contribution in [1.82, 2.24) is 4.98 Å². The fourth-order valence-corrected chi connectivity index (χ4v) is 1.35. The first-order valence-corrected chi connectivity index (χ1v) is 4.20. The molecule has 2 rings (SSSR count). The molecular formula is C11H11NO. The fourth-order valence-electron chi connectivity index (χ4n) is 1.35. The van der Waals surface area contributed by atoms with Crippen LogP contribution in [0.15, 0.2) is 30.5 Å². The molecule has 0 saturated heterocycles. The van der Waals surface area contributed by atoms with E-state index in [1.54, 1.807) is 7.11 Å². The highest BCUT2D eigenvalue weighted by Gasteiger charge is 1.96. The summed E-state index contributed by atoms with van der Waals surface area (Å²) in [6.45, 7) is 2.03. The zero-order valence-electron chi connectivity index (χ0n) is 7.74. The Hall–Kier alpha value is -1.57. The van der Waals surface area contributed by atoms with Crippen LogP contribution < -0.4 is 4.74 Å². The molecule has 0 bridgehead atoms. The Labute approximate surface area is 77.2 Å². The highest BCUT2D eigenvalue weighted by molar-refractivity contribution is 5.80. The molecule has 13 heavy (non-hydrogen) atoms. The third kappa shape index (κ3) is 1.47. The van der Waals surface area contributed by atoms with Gasteiger partial charge in [0.1, 0.15) is 5.75 Å². The van der Waals surface area contributed by atoms with Gasteiger partial charge in [-0.05, 0) is 36.8 Å². The number of pyridine rings is 1. The average Bonchev–Trinajstić information content (AvgIpc) is 2.16. The molecule has 2 nitrogen and oxygen atoms in total. The zero-order chi connectivity index (χ0) is 9.26. The van der Waals surface area contributed by atoms with Crippen LogP contribution in [0.3, 0.4) is 0 Å². The number of fused-ring (bicyclic) bond motifs is 1. The van der Waals surface area contributed by atoms with Crippen molar-refractivity contribution in [3.63, 3.8) is 0 Å². The molecule has 0 aliphatic carbocycles. The maximum absolute atomic E-state index is 5.13. The molecule has 0 radical (unpaired) electrons. The summed E-state index contributed by atoms with van der Waals surface area (Å²) in [6.07, 6.45) is 1.87. The zero-order valence-corrected chi connectivity index (χ0v) is 7.74. The van der Waals surface area contributed by atoms with Gasteiger partial charge in [0.05, 0.1) is 12.6 Å². The van der Waals surface area contributed by atoms with Gasteiger partial charge in [0, 0.05) is 11.6 Å². The lowest BCUT2D eigenvalue weighted by Gasteiger charge is -2.02. The van der Waals surface area contributed by atoms with Crippen LogP contribution in [-0.4, -0.2) is 12.1 Å². The van der Waals surface area contributed by atoms with E-state index in [9.17, 15) is 0 Å². The van der Waals surface area contributed by atoms with Crippen LogP contribution in [-0.2, 0) is 0 Å². The van der Waals surface area contributed by atoms with E-state index in [0.29, 0.717) is 0 Å². The van der Waals surface area contributed by atoms with E-state index in [4.69, 9.17) is 4.74 Å². The fraction of sp³-hybridized carbons (Fsp3) is 0.182. The first-order valence-electron chi connectivity index (χ1n) is 4.20. The van der Waals surface area contributed by atoms with E-state index in [-0.39, 0.29) is 0 Å². The normalized spacial score (nSPS) is 10.3. The van der Waals surface area contributed by atoms with Crippen molar-refractivity contribution < 1.29 is 4.74 Å². The third-order valence-corrected chi connectivity index (χ3v) is 2.03. The minimum atomic E-state index is 0.875. The van der Waals surface area contributed by atoms with Crippen molar-refractivity contribution in [3.8, 4) is 5.75 Å². The highest BCUT2D eigenvalue weighted by atomic mass is 16.5. The molecule has 0 aliphatic heterocycles. The molecule has 0 fully saturated rings. The van der Waals surface area contributed by atoms with Crippen LogP contribution in [0.5, 0.6) is 5.75 Å². The minimum Gasteiger partial charge on any atom is -0.497 e. The second-order valence-corrected chi connectivity index (χ2v) is 3.07. The van der Waals surface area contributed by atoms with E-state index >= 15 is 0 Å². The second kappa shape index (κ2) is 3.05. The summed E-state index contributed by atoms with van der Waals surface area (Å²) >= 11 is 0. The van der Waals surface area contributed by atoms with E-state index in [1.807, 2.05) is 31.3 Å². The van der Waals surface area contributed by atoms with Gasteiger partial charge in [-0.15, -0.1) is 0 Å². The summed E-state index contributed by atoms with van der Waals surface area (Å²) in [4.78, 5) is 4.30. The van der Waals surface area contributed by atoms with E-state index in [0.717, 1.165) is 16.7 Å². The first kappa shape index (κ1) is 8.05. The van der Waals surface area contributed by atoms with Crippen LogP contribution in [0.1, 0.15) is 5.56 Å². The number of methoxy groups -OCH3 is 1. The number of nitrogens with zero attached hydrogens (tertiary/aromatic N) is 1. The standard InChI is InChI=1S/C11H11NO/c1-8-5-9-6-10(13-2)3-4-11(9)12-7-8/h3-7H,1-2H3. The summed E-state index contributed by atoms with van der Waals surface area (Å²) < 4.78 is 5.13. The van der Waals surface area contributed by atoms with Crippen LogP contribution in [0.2, 0.25) is 0 Å². The largest absolute Gasteiger partial charge is 0.497 e. The number of benzene rings is 1. The maximum Gasteiger partial charge on any atom is 0.119 e. The van der Waals surface area contributed by atoms with E-state index in [1.165, 1.54) is 5.56 Å². The Balaban J connectivity index is 2.68. The molecule has 2 heteroatoms. The van der Waals surface area contributed by atoms with Gasteiger partial charge in [0.2, 0.25) is 0 Å². The summed E-state index contributed by atoms with van der Waals surface area (Å²) in [5, 5.41) is 1.12. The van der Waals surface area contributed by atoms with Crippen molar-refractivity contribution in [1.29, 1.82) is 0 Å². The Morgan fingerprint density at radius 2 is 2.08 bits per heavy atom. The van der Waals surface area contributed by atoms with Gasteiger partial charge >= 0.3 is 0 Å².